The average molecular weight is 443 g/mol. The van der Waals surface area contributed by atoms with Crippen molar-refractivity contribution < 1.29 is 28.5 Å². The fraction of sp³-hybridized carbons (Fsp3) is 0.462. The van der Waals surface area contributed by atoms with Crippen molar-refractivity contribution in [2.45, 2.75) is 53.4 Å². The normalized spacial score (nSPS) is 10.5. The quantitative estimate of drug-likeness (QED) is 0.294. The molecule has 0 saturated heterocycles. The van der Waals surface area contributed by atoms with E-state index in [9.17, 15) is 9.59 Å². The van der Waals surface area contributed by atoms with Crippen LogP contribution in [0.3, 0.4) is 0 Å². The Morgan fingerprint density at radius 2 is 1.06 bits per heavy atom. The van der Waals surface area contributed by atoms with Crippen LogP contribution in [0.15, 0.2) is 36.4 Å². The molecule has 0 saturated carbocycles. The summed E-state index contributed by atoms with van der Waals surface area (Å²) in [5, 5.41) is 0. The van der Waals surface area contributed by atoms with Crippen LogP contribution in [-0.4, -0.2) is 38.4 Å². The largest absolute Gasteiger partial charge is 0.493 e. The lowest BCUT2D eigenvalue weighted by Gasteiger charge is -2.12. The van der Waals surface area contributed by atoms with E-state index in [-0.39, 0.29) is 11.9 Å². The number of hydrogen-bond donors (Lipinski definition) is 0. The van der Waals surface area contributed by atoms with Gasteiger partial charge in [-0.3, -0.25) is 0 Å². The first kappa shape index (κ1) is 25.2. The molecule has 0 atom stereocenters. The number of benzene rings is 2. The molecule has 32 heavy (non-hydrogen) atoms. The van der Waals surface area contributed by atoms with Gasteiger partial charge in [0.25, 0.3) is 0 Å². The molecule has 0 fully saturated rings. The molecule has 2 rings (SSSR count). The van der Waals surface area contributed by atoms with Crippen molar-refractivity contribution in [3.8, 4) is 11.5 Å². The van der Waals surface area contributed by atoms with Crippen LogP contribution in [0.4, 0.5) is 0 Å². The number of ether oxygens (including phenoxy) is 4. The Labute approximate surface area is 190 Å². The zero-order chi connectivity index (χ0) is 23.3. The first-order valence-corrected chi connectivity index (χ1v) is 11.3. The maximum atomic E-state index is 12.1. The third-order valence-electron chi connectivity index (χ3n) is 4.81. The number of unbranched alkanes of at least 4 members (excludes halogenated alkanes) is 3. The standard InChI is InChI=1S/C26H34O6/c1-5-29-25(27)21-17-19(3)11-13-23(21)31-15-9-7-8-10-16-32-24-14-12-20(4)18-22(24)26(28)30-6-2/h11-14,17-18H,5-10,15-16H2,1-4H3. The van der Waals surface area contributed by atoms with E-state index < -0.39 is 0 Å². The van der Waals surface area contributed by atoms with Gasteiger partial charge in [0.05, 0.1) is 26.4 Å². The molecule has 0 N–H and O–H groups in total. The molecule has 2 aromatic rings. The number of aryl methyl sites for hydroxylation is 2. The van der Waals surface area contributed by atoms with Gasteiger partial charge in [0.1, 0.15) is 22.6 Å². The Bertz CT molecular complexity index is 816. The molecule has 0 unspecified atom stereocenters. The second-order valence-corrected chi connectivity index (χ2v) is 7.55. The molecule has 0 heterocycles. The summed E-state index contributed by atoms with van der Waals surface area (Å²) < 4.78 is 21.9. The minimum absolute atomic E-state index is 0.332. The maximum absolute atomic E-state index is 12.1. The molecule has 0 bridgehead atoms. The third-order valence-corrected chi connectivity index (χ3v) is 4.81. The van der Waals surface area contributed by atoms with Crippen LogP contribution in [0.25, 0.3) is 0 Å². The Morgan fingerprint density at radius 1 is 0.656 bits per heavy atom. The number of rotatable bonds is 13. The highest BCUT2D eigenvalue weighted by Crippen LogP contribution is 2.23. The molecule has 0 aliphatic heterocycles. The van der Waals surface area contributed by atoms with Crippen LogP contribution in [0.2, 0.25) is 0 Å². The summed E-state index contributed by atoms with van der Waals surface area (Å²) >= 11 is 0. The van der Waals surface area contributed by atoms with Crippen molar-refractivity contribution in [1.82, 2.24) is 0 Å². The van der Waals surface area contributed by atoms with Crippen LogP contribution in [0.5, 0.6) is 11.5 Å². The lowest BCUT2D eigenvalue weighted by Crippen LogP contribution is -2.09. The fourth-order valence-electron chi connectivity index (χ4n) is 3.20. The Kier molecular flexibility index (Phi) is 10.6. The molecule has 174 valence electrons. The number of carbonyl (C=O) groups is 2. The first-order valence-electron chi connectivity index (χ1n) is 11.3. The van der Waals surface area contributed by atoms with Crippen molar-refractivity contribution in [3.05, 3.63) is 58.7 Å². The van der Waals surface area contributed by atoms with Crippen LogP contribution < -0.4 is 9.47 Å². The van der Waals surface area contributed by atoms with Gasteiger partial charge in [0.15, 0.2) is 0 Å². The van der Waals surface area contributed by atoms with E-state index in [1.807, 2.05) is 38.1 Å². The van der Waals surface area contributed by atoms with E-state index in [0.29, 0.717) is 49.1 Å². The smallest absolute Gasteiger partial charge is 0.341 e. The Morgan fingerprint density at radius 3 is 1.44 bits per heavy atom. The SMILES string of the molecule is CCOC(=O)c1cc(C)ccc1OCCCCCCOc1ccc(C)cc1C(=O)OCC. The van der Waals surface area contributed by atoms with Crippen LogP contribution in [-0.2, 0) is 9.47 Å². The summed E-state index contributed by atoms with van der Waals surface area (Å²) in [5.41, 5.74) is 2.91. The van der Waals surface area contributed by atoms with Gasteiger partial charge in [-0.2, -0.15) is 0 Å². The molecule has 6 nitrogen and oxygen atoms in total. The summed E-state index contributed by atoms with van der Waals surface area (Å²) in [6.07, 6.45) is 3.69. The first-order chi connectivity index (χ1) is 15.5. The van der Waals surface area contributed by atoms with Crippen LogP contribution in [0.1, 0.15) is 71.4 Å². The maximum Gasteiger partial charge on any atom is 0.341 e. The lowest BCUT2D eigenvalue weighted by atomic mass is 10.1. The highest BCUT2D eigenvalue weighted by molar-refractivity contribution is 5.93. The van der Waals surface area contributed by atoms with E-state index in [4.69, 9.17) is 18.9 Å². The van der Waals surface area contributed by atoms with Gasteiger partial charge in [-0.05, 0) is 77.6 Å². The van der Waals surface area contributed by atoms with Crippen molar-refractivity contribution in [1.29, 1.82) is 0 Å². The topological polar surface area (TPSA) is 71.1 Å². The van der Waals surface area contributed by atoms with Gasteiger partial charge in [-0.1, -0.05) is 23.3 Å². The summed E-state index contributed by atoms with van der Waals surface area (Å²) in [4.78, 5) is 24.2. The Hall–Kier alpha value is -3.02. The predicted octanol–water partition coefficient (Wildman–Crippen LogP) is 5.68. The van der Waals surface area contributed by atoms with E-state index in [1.54, 1.807) is 26.0 Å². The summed E-state index contributed by atoms with van der Waals surface area (Å²) in [6.45, 7) is 9.16. The van der Waals surface area contributed by atoms with E-state index in [0.717, 1.165) is 36.8 Å². The minimum Gasteiger partial charge on any atom is -0.493 e. The third kappa shape index (κ3) is 7.91. The second kappa shape index (κ2) is 13.4. The number of esters is 2. The molecule has 0 aromatic heterocycles. The Balaban J connectivity index is 1.72. The lowest BCUT2D eigenvalue weighted by molar-refractivity contribution is 0.0511. The highest BCUT2D eigenvalue weighted by atomic mass is 16.5. The molecule has 0 radical (unpaired) electrons. The van der Waals surface area contributed by atoms with Crippen LogP contribution in [0, 0.1) is 13.8 Å². The van der Waals surface area contributed by atoms with E-state index in [2.05, 4.69) is 0 Å². The fourth-order valence-corrected chi connectivity index (χ4v) is 3.20. The number of hydrogen-bond acceptors (Lipinski definition) is 6. The van der Waals surface area contributed by atoms with Gasteiger partial charge in [0, 0.05) is 0 Å². The van der Waals surface area contributed by atoms with Gasteiger partial charge in [-0.25, -0.2) is 9.59 Å². The van der Waals surface area contributed by atoms with Crippen molar-refractivity contribution in [2.24, 2.45) is 0 Å². The zero-order valence-corrected chi connectivity index (χ0v) is 19.6. The summed E-state index contributed by atoms with van der Waals surface area (Å²) in [7, 11) is 0. The average Bonchev–Trinajstić information content (AvgIpc) is 2.77. The summed E-state index contributed by atoms with van der Waals surface area (Å²) in [5.74, 6) is 0.398. The molecule has 6 heteroatoms. The molecule has 2 aromatic carbocycles. The van der Waals surface area contributed by atoms with Gasteiger partial charge < -0.3 is 18.9 Å². The predicted molar refractivity (Wildman–Crippen MR) is 124 cm³/mol. The van der Waals surface area contributed by atoms with Crippen molar-refractivity contribution >= 4 is 11.9 Å². The van der Waals surface area contributed by atoms with E-state index in [1.165, 1.54) is 0 Å². The second-order valence-electron chi connectivity index (χ2n) is 7.55. The molecule has 0 aliphatic rings. The molecular weight excluding hydrogens is 408 g/mol. The zero-order valence-electron chi connectivity index (χ0n) is 19.6. The molecule has 0 spiro atoms. The van der Waals surface area contributed by atoms with Crippen molar-refractivity contribution in [2.75, 3.05) is 26.4 Å². The van der Waals surface area contributed by atoms with Gasteiger partial charge in [0.2, 0.25) is 0 Å². The van der Waals surface area contributed by atoms with Gasteiger partial charge >= 0.3 is 11.9 Å². The summed E-state index contributed by atoms with van der Waals surface area (Å²) in [6, 6.07) is 11.1. The highest BCUT2D eigenvalue weighted by Gasteiger charge is 2.15. The minimum atomic E-state index is -0.360. The monoisotopic (exact) mass is 442 g/mol. The van der Waals surface area contributed by atoms with Crippen molar-refractivity contribution in [3.63, 3.8) is 0 Å². The van der Waals surface area contributed by atoms with Crippen LogP contribution >= 0.6 is 0 Å². The molecule has 0 aliphatic carbocycles. The van der Waals surface area contributed by atoms with Gasteiger partial charge in [-0.15, -0.1) is 0 Å². The number of carbonyl (C=O) groups excluding carboxylic acids is 2. The van der Waals surface area contributed by atoms with E-state index >= 15 is 0 Å². The molecular formula is C26H34O6. The molecule has 0 amide bonds.